The Labute approximate surface area is 467 Å². The van der Waals surface area contributed by atoms with Crippen molar-refractivity contribution >= 4 is 17.9 Å². The molecule has 0 aliphatic rings. The molecule has 1 unspecified atom stereocenters. The average Bonchev–Trinajstić information content (AvgIpc) is 3.41. The Balaban J connectivity index is 4.12. The molecule has 0 aliphatic heterocycles. The fraction of sp³-hybridized carbons (Fsp3) is 0.870. The summed E-state index contributed by atoms with van der Waals surface area (Å²) in [5, 5.41) is 0. The van der Waals surface area contributed by atoms with Gasteiger partial charge in [0.15, 0.2) is 6.10 Å². The van der Waals surface area contributed by atoms with Crippen LogP contribution in [-0.4, -0.2) is 37.2 Å². The van der Waals surface area contributed by atoms with Crippen molar-refractivity contribution in [2.24, 2.45) is 0 Å². The van der Waals surface area contributed by atoms with E-state index in [1.807, 2.05) is 0 Å². The smallest absolute Gasteiger partial charge is 0.306 e. The van der Waals surface area contributed by atoms with Crippen LogP contribution in [0.1, 0.15) is 367 Å². The van der Waals surface area contributed by atoms with Gasteiger partial charge in [0.2, 0.25) is 0 Å². The SMILES string of the molecule is CCC/C=C\CCCCCCCC(=O)OCC(COC(=O)CCCCCCCCCCCCCCCCCCC/C=C\CCCCCCCCCC)OC(=O)CCCCCCCCC/C=C\CCCCCCCCC. The van der Waals surface area contributed by atoms with Crippen molar-refractivity contribution in [1.82, 2.24) is 0 Å². The highest BCUT2D eigenvalue weighted by Gasteiger charge is 2.19. The molecule has 0 heterocycles. The van der Waals surface area contributed by atoms with Crippen LogP contribution in [0.2, 0.25) is 0 Å². The fourth-order valence-electron chi connectivity index (χ4n) is 10.0. The second-order valence-electron chi connectivity index (χ2n) is 22.7. The third-order valence-corrected chi connectivity index (χ3v) is 15.1. The van der Waals surface area contributed by atoms with Gasteiger partial charge < -0.3 is 14.2 Å². The first-order chi connectivity index (χ1) is 37.0. The molecule has 0 N–H and O–H groups in total. The molecule has 0 aromatic carbocycles. The molecule has 6 nitrogen and oxygen atoms in total. The van der Waals surface area contributed by atoms with Gasteiger partial charge in [0.25, 0.3) is 0 Å². The summed E-state index contributed by atoms with van der Waals surface area (Å²) in [5.41, 5.74) is 0. The second kappa shape index (κ2) is 64.2. The molecule has 1 atom stereocenters. The quantitative estimate of drug-likeness (QED) is 0.0261. The minimum Gasteiger partial charge on any atom is -0.462 e. The van der Waals surface area contributed by atoms with Gasteiger partial charge in [-0.15, -0.1) is 0 Å². The fourth-order valence-corrected chi connectivity index (χ4v) is 10.0. The highest BCUT2D eigenvalue weighted by Crippen LogP contribution is 2.18. The molecule has 0 fully saturated rings. The van der Waals surface area contributed by atoms with Crippen molar-refractivity contribution in [1.29, 1.82) is 0 Å². The van der Waals surface area contributed by atoms with Crippen LogP contribution in [0.5, 0.6) is 0 Å². The van der Waals surface area contributed by atoms with E-state index in [0.717, 1.165) is 70.6 Å². The summed E-state index contributed by atoms with van der Waals surface area (Å²) >= 11 is 0. The lowest BCUT2D eigenvalue weighted by molar-refractivity contribution is -0.167. The largest absolute Gasteiger partial charge is 0.462 e. The van der Waals surface area contributed by atoms with Crippen LogP contribution >= 0.6 is 0 Å². The zero-order valence-electron chi connectivity index (χ0n) is 50.6. The Hall–Kier alpha value is -2.37. The highest BCUT2D eigenvalue weighted by molar-refractivity contribution is 5.71. The van der Waals surface area contributed by atoms with Crippen LogP contribution in [0.3, 0.4) is 0 Å². The lowest BCUT2D eigenvalue weighted by Gasteiger charge is -2.18. The number of allylic oxidation sites excluding steroid dienone is 6. The van der Waals surface area contributed by atoms with Gasteiger partial charge in [0.1, 0.15) is 13.2 Å². The van der Waals surface area contributed by atoms with E-state index >= 15 is 0 Å². The third kappa shape index (κ3) is 62.4. The van der Waals surface area contributed by atoms with Crippen molar-refractivity contribution in [2.75, 3.05) is 13.2 Å². The average molecular weight is 1050 g/mol. The number of carbonyl (C=O) groups excluding carboxylic acids is 3. The molecule has 440 valence electrons. The molecular formula is C69H128O6. The van der Waals surface area contributed by atoms with Crippen LogP contribution in [0.4, 0.5) is 0 Å². The highest BCUT2D eigenvalue weighted by atomic mass is 16.6. The minimum atomic E-state index is -0.775. The molecule has 6 heteroatoms. The van der Waals surface area contributed by atoms with E-state index in [-0.39, 0.29) is 31.1 Å². The Morgan fingerprint density at radius 2 is 0.467 bits per heavy atom. The summed E-state index contributed by atoms with van der Waals surface area (Å²) in [6.07, 6.45) is 79.0. The molecule has 0 aromatic heterocycles. The van der Waals surface area contributed by atoms with Gasteiger partial charge in [0, 0.05) is 19.3 Å². The number of carbonyl (C=O) groups is 3. The van der Waals surface area contributed by atoms with Crippen molar-refractivity contribution in [3.63, 3.8) is 0 Å². The second-order valence-corrected chi connectivity index (χ2v) is 22.7. The van der Waals surface area contributed by atoms with Gasteiger partial charge in [-0.25, -0.2) is 0 Å². The van der Waals surface area contributed by atoms with E-state index in [2.05, 4.69) is 57.2 Å². The lowest BCUT2D eigenvalue weighted by atomic mass is 10.0. The van der Waals surface area contributed by atoms with Crippen molar-refractivity contribution in [3.05, 3.63) is 36.5 Å². The predicted octanol–water partition coefficient (Wildman–Crippen LogP) is 22.8. The van der Waals surface area contributed by atoms with Crippen LogP contribution in [-0.2, 0) is 28.6 Å². The zero-order valence-corrected chi connectivity index (χ0v) is 50.6. The standard InChI is InChI=1S/C69H128O6/c1-4-7-10-13-16-19-22-24-26-28-30-31-32-33-34-35-36-37-38-39-40-42-43-45-47-50-53-56-59-62-68(71)74-65-66(64-73-67(70)61-58-55-52-49-21-18-15-12-9-6-3)75-69(72)63-60-57-54-51-48-46-44-41-29-27-25-23-20-17-14-11-8-5-2/h12,15,27-30,66H,4-11,13-14,16-26,31-65H2,1-3H3/b15-12-,29-27-,30-28-. The number of hydrogen-bond donors (Lipinski definition) is 0. The molecule has 0 saturated carbocycles. The normalized spacial score (nSPS) is 12.2. The molecule has 0 aromatic rings. The Bertz CT molecular complexity index is 1250. The molecule has 0 radical (unpaired) electrons. The summed E-state index contributed by atoms with van der Waals surface area (Å²) in [4.78, 5) is 38.2. The number of ether oxygens (including phenoxy) is 3. The molecule has 0 rings (SSSR count). The van der Waals surface area contributed by atoms with Gasteiger partial charge in [-0.1, -0.05) is 295 Å². The van der Waals surface area contributed by atoms with Gasteiger partial charge in [0.05, 0.1) is 0 Å². The van der Waals surface area contributed by atoms with Crippen LogP contribution < -0.4 is 0 Å². The Morgan fingerprint density at radius 3 is 0.720 bits per heavy atom. The van der Waals surface area contributed by atoms with Gasteiger partial charge in [-0.3, -0.25) is 14.4 Å². The first-order valence-electron chi connectivity index (χ1n) is 33.5. The first-order valence-corrected chi connectivity index (χ1v) is 33.5. The predicted molar refractivity (Wildman–Crippen MR) is 326 cm³/mol. The molecule has 0 spiro atoms. The molecule has 0 saturated heterocycles. The zero-order chi connectivity index (χ0) is 54.3. The topological polar surface area (TPSA) is 78.9 Å². The molecule has 75 heavy (non-hydrogen) atoms. The van der Waals surface area contributed by atoms with Gasteiger partial charge in [-0.05, 0) is 89.9 Å². The van der Waals surface area contributed by atoms with Crippen LogP contribution in [0, 0.1) is 0 Å². The number of esters is 3. The van der Waals surface area contributed by atoms with E-state index < -0.39 is 6.10 Å². The maximum Gasteiger partial charge on any atom is 0.306 e. The third-order valence-electron chi connectivity index (χ3n) is 15.1. The summed E-state index contributed by atoms with van der Waals surface area (Å²) in [7, 11) is 0. The maximum absolute atomic E-state index is 12.9. The van der Waals surface area contributed by atoms with Gasteiger partial charge in [-0.2, -0.15) is 0 Å². The maximum atomic E-state index is 12.9. The van der Waals surface area contributed by atoms with E-state index in [1.165, 1.54) is 257 Å². The van der Waals surface area contributed by atoms with E-state index in [1.54, 1.807) is 0 Å². The summed E-state index contributed by atoms with van der Waals surface area (Å²) in [6, 6.07) is 0. The lowest BCUT2D eigenvalue weighted by Crippen LogP contribution is -2.30. The summed E-state index contributed by atoms with van der Waals surface area (Å²) in [5.74, 6) is -0.867. The van der Waals surface area contributed by atoms with E-state index in [4.69, 9.17) is 14.2 Å². The van der Waals surface area contributed by atoms with Crippen molar-refractivity contribution in [2.45, 2.75) is 374 Å². The van der Waals surface area contributed by atoms with Crippen LogP contribution in [0.15, 0.2) is 36.5 Å². The van der Waals surface area contributed by atoms with Crippen molar-refractivity contribution < 1.29 is 28.6 Å². The Morgan fingerprint density at radius 1 is 0.253 bits per heavy atom. The van der Waals surface area contributed by atoms with Crippen LogP contribution in [0.25, 0.3) is 0 Å². The molecule has 0 amide bonds. The Kier molecular flexibility index (Phi) is 62.1. The summed E-state index contributed by atoms with van der Waals surface area (Å²) in [6.45, 7) is 6.62. The monoisotopic (exact) mass is 1050 g/mol. The van der Waals surface area contributed by atoms with Crippen molar-refractivity contribution in [3.8, 4) is 0 Å². The van der Waals surface area contributed by atoms with Gasteiger partial charge >= 0.3 is 17.9 Å². The molecule has 0 bridgehead atoms. The number of hydrogen-bond acceptors (Lipinski definition) is 6. The minimum absolute atomic E-state index is 0.0728. The summed E-state index contributed by atoms with van der Waals surface area (Å²) < 4.78 is 16.9. The number of unbranched alkanes of at least 4 members (excludes halogenated alkanes) is 45. The number of rotatable bonds is 62. The van der Waals surface area contributed by atoms with E-state index in [9.17, 15) is 14.4 Å². The van der Waals surface area contributed by atoms with E-state index in [0.29, 0.717) is 19.3 Å². The molecular weight excluding hydrogens is 925 g/mol. The molecule has 0 aliphatic carbocycles. The first kappa shape index (κ1) is 72.6.